The summed E-state index contributed by atoms with van der Waals surface area (Å²) in [5.41, 5.74) is -0.276. The third-order valence-corrected chi connectivity index (χ3v) is 10.9. The number of carbonyl (C=O) groups excluding carboxylic acids is 4. The summed E-state index contributed by atoms with van der Waals surface area (Å²) >= 11 is 1.37. The first-order valence-electron chi connectivity index (χ1n) is 18.6. The van der Waals surface area contributed by atoms with E-state index in [-0.39, 0.29) is 37.8 Å². The molecular formula is C38H57N5O7S. The van der Waals surface area contributed by atoms with E-state index < -0.39 is 47.6 Å². The number of pyridine rings is 1. The number of amides is 3. The normalized spacial score (nSPS) is 18.0. The minimum absolute atomic E-state index is 0.0126. The summed E-state index contributed by atoms with van der Waals surface area (Å²) in [4.78, 5) is 66.4. The van der Waals surface area contributed by atoms with Crippen molar-refractivity contribution < 1.29 is 34.1 Å². The quantitative estimate of drug-likeness (QED) is 0.192. The molecule has 0 bridgehead atoms. The minimum atomic E-state index is -1.56. The number of esters is 1. The summed E-state index contributed by atoms with van der Waals surface area (Å²) in [6.07, 6.45) is 11.1. The van der Waals surface area contributed by atoms with Crippen molar-refractivity contribution in [2.75, 3.05) is 26.7 Å². The summed E-state index contributed by atoms with van der Waals surface area (Å²) in [6, 6.07) is 4.73. The summed E-state index contributed by atoms with van der Waals surface area (Å²) in [7, 11) is 1.68. The van der Waals surface area contributed by atoms with E-state index in [1.807, 2.05) is 18.2 Å². The fraction of sp³-hybridized carbons (Fsp3) is 0.684. The third kappa shape index (κ3) is 13.3. The van der Waals surface area contributed by atoms with Gasteiger partial charge in [-0.3, -0.25) is 19.4 Å². The molecule has 0 aromatic carbocycles. The second-order valence-electron chi connectivity index (χ2n) is 14.7. The minimum Gasteiger partial charge on any atom is -0.461 e. The van der Waals surface area contributed by atoms with Crippen LogP contribution >= 0.6 is 11.3 Å². The lowest BCUT2D eigenvalue weighted by atomic mass is 9.83. The predicted octanol–water partition coefficient (Wildman–Crippen LogP) is 4.08. The van der Waals surface area contributed by atoms with Crippen molar-refractivity contribution in [3.8, 4) is 0 Å². The second-order valence-corrected chi connectivity index (χ2v) is 15.7. The maximum absolute atomic E-state index is 14.2. The number of aliphatic hydroxyl groups is 2. The van der Waals surface area contributed by atoms with Gasteiger partial charge < -0.3 is 30.1 Å². The van der Waals surface area contributed by atoms with Crippen LogP contribution in [0.1, 0.15) is 102 Å². The number of carbonyl (C=O) groups is 4. The van der Waals surface area contributed by atoms with Gasteiger partial charge in [-0.25, -0.2) is 9.78 Å². The van der Waals surface area contributed by atoms with Gasteiger partial charge in [0.25, 0.3) is 0 Å². The van der Waals surface area contributed by atoms with Crippen LogP contribution < -0.4 is 5.32 Å². The van der Waals surface area contributed by atoms with Crippen molar-refractivity contribution in [3.05, 3.63) is 46.7 Å². The molecule has 2 aromatic heterocycles. The Morgan fingerprint density at radius 2 is 1.75 bits per heavy atom. The van der Waals surface area contributed by atoms with Crippen molar-refractivity contribution in [1.82, 2.24) is 25.1 Å². The molecule has 0 aliphatic heterocycles. The molecule has 0 spiro atoms. The molecule has 0 unspecified atom stereocenters. The number of aliphatic hydroxyl groups excluding tert-OH is 1. The molecule has 2 aliphatic rings. The maximum Gasteiger partial charge on any atom is 0.337 e. The molecule has 2 aromatic rings. The highest BCUT2D eigenvalue weighted by molar-refractivity contribution is 7.09. The SMILES string of the molecule is CC(C)OC(=O)[C@H](O)[C@H](CC1CCCCC1)NC(=O)[C@@H](CC(=O)N(CC(=O)N(C)CCc1ccccn1)CC1(O)CCCCC1)Cc1nccs1. The summed E-state index contributed by atoms with van der Waals surface area (Å²) in [5, 5.41) is 28.1. The first-order chi connectivity index (χ1) is 24.4. The van der Waals surface area contributed by atoms with Gasteiger partial charge in [-0.15, -0.1) is 11.3 Å². The Hall–Kier alpha value is -3.42. The van der Waals surface area contributed by atoms with Gasteiger partial charge in [0.15, 0.2) is 6.10 Å². The van der Waals surface area contributed by atoms with Crippen molar-refractivity contribution in [2.45, 2.75) is 128 Å². The molecule has 0 saturated heterocycles. The van der Waals surface area contributed by atoms with E-state index in [0.29, 0.717) is 37.2 Å². The van der Waals surface area contributed by atoms with E-state index in [2.05, 4.69) is 15.3 Å². The van der Waals surface area contributed by atoms with E-state index in [1.165, 1.54) is 16.2 Å². The molecule has 4 rings (SSSR count). The number of aromatic nitrogens is 2. The van der Waals surface area contributed by atoms with Crippen molar-refractivity contribution >= 4 is 35.0 Å². The fourth-order valence-electron chi connectivity index (χ4n) is 7.17. The summed E-state index contributed by atoms with van der Waals surface area (Å²) in [5.74, 6) is -2.65. The van der Waals surface area contributed by atoms with Crippen LogP contribution in [0.3, 0.4) is 0 Å². The van der Waals surface area contributed by atoms with Gasteiger partial charge in [-0.2, -0.15) is 0 Å². The van der Waals surface area contributed by atoms with Crippen LogP contribution in [0.4, 0.5) is 0 Å². The van der Waals surface area contributed by atoms with E-state index in [1.54, 1.807) is 43.6 Å². The first-order valence-corrected chi connectivity index (χ1v) is 19.5. The van der Waals surface area contributed by atoms with Gasteiger partial charge in [0.2, 0.25) is 17.7 Å². The van der Waals surface area contributed by atoms with Crippen LogP contribution in [-0.4, -0.2) is 104 Å². The Bertz CT molecular complexity index is 1380. The fourth-order valence-corrected chi connectivity index (χ4v) is 7.87. The number of hydrogen-bond donors (Lipinski definition) is 3. The van der Waals surface area contributed by atoms with Gasteiger partial charge in [0.05, 0.1) is 35.2 Å². The Labute approximate surface area is 306 Å². The number of ether oxygens (including phenoxy) is 1. The monoisotopic (exact) mass is 727 g/mol. The molecular weight excluding hydrogens is 671 g/mol. The highest BCUT2D eigenvalue weighted by Gasteiger charge is 2.38. The van der Waals surface area contributed by atoms with E-state index in [9.17, 15) is 29.4 Å². The Balaban J connectivity index is 1.52. The largest absolute Gasteiger partial charge is 0.461 e. The Morgan fingerprint density at radius 1 is 1.02 bits per heavy atom. The molecule has 3 amide bonds. The molecule has 3 N–H and O–H groups in total. The molecule has 3 atom stereocenters. The molecule has 2 saturated carbocycles. The van der Waals surface area contributed by atoms with Gasteiger partial charge >= 0.3 is 5.97 Å². The predicted molar refractivity (Wildman–Crippen MR) is 194 cm³/mol. The molecule has 2 fully saturated rings. The number of nitrogens with zero attached hydrogens (tertiary/aromatic N) is 4. The standard InChI is InChI=1S/C38H57N5O7S/c1-27(2)50-37(48)35(46)31(22-28-12-6-4-7-13-28)41-36(47)29(23-32-40-19-21-51-32)24-33(44)43(26-38(49)16-9-5-10-17-38)25-34(45)42(3)20-15-30-14-8-11-18-39-30/h8,11,14,18-19,21,27-29,31,35,46,49H,4-7,9-10,12-13,15-17,20,22-26H2,1-3H3,(H,41,47)/t29-,31+,35-/m1/s1. The Morgan fingerprint density at radius 3 is 2.39 bits per heavy atom. The van der Waals surface area contributed by atoms with Gasteiger partial charge in [-0.05, 0) is 51.2 Å². The molecule has 2 heterocycles. The summed E-state index contributed by atoms with van der Waals surface area (Å²) in [6.45, 7) is 3.55. The van der Waals surface area contributed by atoms with Crippen molar-refractivity contribution in [3.63, 3.8) is 0 Å². The lowest BCUT2D eigenvalue weighted by molar-refractivity contribution is -0.159. The van der Waals surface area contributed by atoms with Gasteiger partial charge in [0, 0.05) is 62.9 Å². The first kappa shape index (κ1) is 40.4. The zero-order valence-corrected chi connectivity index (χ0v) is 31.3. The topological polar surface area (TPSA) is 162 Å². The number of likely N-dealkylation sites (N-methyl/N-ethyl adjacent to an activating group) is 1. The number of thiazole rings is 1. The number of hydrogen-bond acceptors (Lipinski definition) is 10. The van der Waals surface area contributed by atoms with Crippen LogP contribution in [0.25, 0.3) is 0 Å². The van der Waals surface area contributed by atoms with E-state index in [4.69, 9.17) is 4.74 Å². The van der Waals surface area contributed by atoms with Crippen LogP contribution in [0, 0.1) is 11.8 Å². The van der Waals surface area contributed by atoms with Crippen LogP contribution in [0.15, 0.2) is 36.0 Å². The van der Waals surface area contributed by atoms with Crippen LogP contribution in [0.2, 0.25) is 0 Å². The molecule has 282 valence electrons. The highest BCUT2D eigenvalue weighted by Crippen LogP contribution is 2.31. The van der Waals surface area contributed by atoms with Crippen LogP contribution in [-0.2, 0) is 36.8 Å². The molecule has 13 heteroatoms. The van der Waals surface area contributed by atoms with E-state index >= 15 is 0 Å². The average molecular weight is 728 g/mol. The average Bonchev–Trinajstić information content (AvgIpc) is 3.63. The van der Waals surface area contributed by atoms with Crippen molar-refractivity contribution in [1.29, 1.82) is 0 Å². The maximum atomic E-state index is 14.2. The number of rotatable bonds is 18. The molecule has 12 nitrogen and oxygen atoms in total. The van der Waals surface area contributed by atoms with Crippen molar-refractivity contribution in [2.24, 2.45) is 11.8 Å². The lowest BCUT2D eigenvalue weighted by Crippen LogP contribution is -2.52. The van der Waals surface area contributed by atoms with Gasteiger partial charge in [0.1, 0.15) is 0 Å². The number of nitrogens with one attached hydrogen (secondary N) is 1. The Kier molecular flexibility index (Phi) is 15.8. The second kappa shape index (κ2) is 20.0. The zero-order chi connectivity index (χ0) is 36.8. The highest BCUT2D eigenvalue weighted by atomic mass is 32.1. The molecule has 0 radical (unpaired) electrons. The molecule has 51 heavy (non-hydrogen) atoms. The van der Waals surface area contributed by atoms with Crippen LogP contribution in [0.5, 0.6) is 0 Å². The summed E-state index contributed by atoms with van der Waals surface area (Å²) < 4.78 is 5.31. The zero-order valence-electron chi connectivity index (χ0n) is 30.5. The molecule has 2 aliphatic carbocycles. The third-order valence-electron chi connectivity index (χ3n) is 10.1. The van der Waals surface area contributed by atoms with Gasteiger partial charge in [-0.1, -0.05) is 57.4 Å². The van der Waals surface area contributed by atoms with E-state index in [0.717, 1.165) is 57.1 Å². The smallest absolute Gasteiger partial charge is 0.337 e. The lowest BCUT2D eigenvalue weighted by Gasteiger charge is -2.37.